The Hall–Kier alpha value is -1.75. The van der Waals surface area contributed by atoms with Gasteiger partial charge in [0.1, 0.15) is 12.4 Å². The fourth-order valence-electron chi connectivity index (χ4n) is 3.16. The first-order chi connectivity index (χ1) is 10.7. The number of para-hydroxylation sites is 1. The Bertz CT molecular complexity index is 494. The van der Waals surface area contributed by atoms with Gasteiger partial charge in [0.25, 0.3) is 0 Å². The largest absolute Gasteiger partial charge is 0.491 e. The Labute approximate surface area is 131 Å². The zero-order chi connectivity index (χ0) is 15.4. The topological polar surface area (TPSA) is 59.6 Å². The molecule has 0 radical (unpaired) electrons. The molecule has 2 aliphatic heterocycles. The van der Waals surface area contributed by atoms with Crippen LogP contribution in [0, 0.1) is 0 Å². The fraction of sp³-hybridized carbons (Fsp3) is 0.588. The van der Waals surface area contributed by atoms with E-state index in [-0.39, 0.29) is 24.2 Å². The van der Waals surface area contributed by atoms with Crippen LogP contribution in [-0.4, -0.2) is 36.9 Å². The molecule has 22 heavy (non-hydrogen) atoms. The summed E-state index contributed by atoms with van der Waals surface area (Å²) in [5.41, 5.74) is 0. The van der Waals surface area contributed by atoms with Crippen molar-refractivity contribution in [1.29, 1.82) is 0 Å². The fourth-order valence-corrected chi connectivity index (χ4v) is 3.16. The molecule has 120 valence electrons. The lowest BCUT2D eigenvalue weighted by Gasteiger charge is -2.23. The molecular formula is C17H24N2O3. The second-order valence-electron chi connectivity index (χ2n) is 6.06. The van der Waals surface area contributed by atoms with Crippen molar-refractivity contribution in [3.63, 3.8) is 0 Å². The molecule has 4 atom stereocenters. The van der Waals surface area contributed by atoms with Crippen LogP contribution in [0.1, 0.15) is 32.6 Å². The van der Waals surface area contributed by atoms with E-state index >= 15 is 0 Å². The van der Waals surface area contributed by atoms with Crippen molar-refractivity contribution in [2.24, 2.45) is 0 Å². The smallest absolute Gasteiger partial charge is 0.315 e. The molecule has 2 fully saturated rings. The van der Waals surface area contributed by atoms with Crippen LogP contribution < -0.4 is 15.4 Å². The van der Waals surface area contributed by atoms with E-state index in [2.05, 4.69) is 10.6 Å². The third kappa shape index (κ3) is 3.71. The van der Waals surface area contributed by atoms with Gasteiger partial charge in [0.05, 0.1) is 24.3 Å². The highest BCUT2D eigenvalue weighted by atomic mass is 16.5. The summed E-state index contributed by atoms with van der Waals surface area (Å²) in [7, 11) is 0. The van der Waals surface area contributed by atoms with Crippen molar-refractivity contribution in [2.45, 2.75) is 56.9 Å². The van der Waals surface area contributed by atoms with Gasteiger partial charge in [-0.1, -0.05) is 25.1 Å². The number of hydrogen-bond donors (Lipinski definition) is 2. The predicted octanol–water partition coefficient (Wildman–Crippen LogP) is 2.46. The van der Waals surface area contributed by atoms with Crippen molar-refractivity contribution in [1.82, 2.24) is 10.6 Å². The number of fused-ring (bicyclic) bond motifs is 2. The van der Waals surface area contributed by atoms with Gasteiger partial charge >= 0.3 is 6.03 Å². The lowest BCUT2D eigenvalue weighted by Crippen LogP contribution is -2.50. The summed E-state index contributed by atoms with van der Waals surface area (Å²) in [5, 5.41) is 6.04. The third-order valence-electron chi connectivity index (χ3n) is 4.44. The molecule has 2 heterocycles. The van der Waals surface area contributed by atoms with E-state index < -0.39 is 0 Å². The first-order valence-corrected chi connectivity index (χ1v) is 8.15. The zero-order valence-corrected chi connectivity index (χ0v) is 13.0. The third-order valence-corrected chi connectivity index (χ3v) is 4.44. The number of ether oxygens (including phenoxy) is 2. The number of carbonyl (C=O) groups excluding carboxylic acids is 1. The summed E-state index contributed by atoms with van der Waals surface area (Å²) in [6, 6.07) is 9.69. The van der Waals surface area contributed by atoms with Gasteiger partial charge in [-0.25, -0.2) is 4.79 Å². The predicted molar refractivity (Wildman–Crippen MR) is 84.0 cm³/mol. The van der Waals surface area contributed by atoms with Crippen LogP contribution in [0.15, 0.2) is 30.3 Å². The minimum Gasteiger partial charge on any atom is -0.491 e. The second-order valence-corrected chi connectivity index (χ2v) is 6.06. The molecule has 0 spiro atoms. The summed E-state index contributed by atoms with van der Waals surface area (Å²) < 4.78 is 11.5. The highest BCUT2D eigenvalue weighted by Gasteiger charge is 2.41. The Kier molecular flexibility index (Phi) is 4.83. The molecule has 1 aromatic rings. The van der Waals surface area contributed by atoms with Crippen LogP contribution in [0.3, 0.4) is 0 Å². The minimum atomic E-state index is -0.121. The molecule has 2 aliphatic rings. The highest BCUT2D eigenvalue weighted by molar-refractivity contribution is 5.74. The van der Waals surface area contributed by atoms with Crippen LogP contribution in [0.2, 0.25) is 0 Å². The summed E-state index contributed by atoms with van der Waals surface area (Å²) in [6.45, 7) is 2.51. The molecule has 2 saturated heterocycles. The van der Waals surface area contributed by atoms with Gasteiger partial charge in [0.2, 0.25) is 0 Å². The van der Waals surface area contributed by atoms with Crippen LogP contribution in [0.25, 0.3) is 0 Å². The Morgan fingerprint density at radius 3 is 2.82 bits per heavy atom. The first-order valence-electron chi connectivity index (χ1n) is 8.15. The molecule has 2 bridgehead atoms. The van der Waals surface area contributed by atoms with Gasteiger partial charge in [0, 0.05) is 0 Å². The van der Waals surface area contributed by atoms with Gasteiger partial charge in [-0.15, -0.1) is 0 Å². The Morgan fingerprint density at radius 1 is 1.36 bits per heavy atom. The maximum atomic E-state index is 12.1. The molecule has 2 amide bonds. The normalized spacial score (nSPS) is 27.4. The number of carbonyl (C=O) groups is 1. The average Bonchev–Trinajstić information content (AvgIpc) is 3.15. The summed E-state index contributed by atoms with van der Waals surface area (Å²) in [4.78, 5) is 12.1. The summed E-state index contributed by atoms with van der Waals surface area (Å²) in [5.74, 6) is 0.824. The van der Waals surface area contributed by atoms with E-state index in [1.165, 1.54) is 0 Å². The molecule has 1 aromatic carbocycles. The van der Waals surface area contributed by atoms with Gasteiger partial charge in [-0.2, -0.15) is 0 Å². The lowest BCUT2D eigenvalue weighted by molar-refractivity contribution is 0.0979. The van der Waals surface area contributed by atoms with Gasteiger partial charge in [0.15, 0.2) is 0 Å². The number of nitrogens with one attached hydrogen (secondary N) is 2. The van der Waals surface area contributed by atoms with Crippen LogP contribution in [0.5, 0.6) is 5.75 Å². The first kappa shape index (κ1) is 15.2. The molecule has 0 saturated carbocycles. The minimum absolute atomic E-state index is 0.000264. The molecule has 5 nitrogen and oxygen atoms in total. The van der Waals surface area contributed by atoms with Crippen molar-refractivity contribution >= 4 is 6.03 Å². The summed E-state index contributed by atoms with van der Waals surface area (Å²) in [6.07, 6.45) is 4.51. The van der Waals surface area contributed by atoms with Crippen LogP contribution in [-0.2, 0) is 4.74 Å². The quantitative estimate of drug-likeness (QED) is 0.849. The molecule has 5 heteroatoms. The van der Waals surface area contributed by atoms with E-state index in [0.29, 0.717) is 12.7 Å². The van der Waals surface area contributed by atoms with Crippen molar-refractivity contribution in [3.05, 3.63) is 30.3 Å². The average molecular weight is 304 g/mol. The van der Waals surface area contributed by atoms with Crippen molar-refractivity contribution < 1.29 is 14.3 Å². The van der Waals surface area contributed by atoms with E-state index in [9.17, 15) is 4.79 Å². The van der Waals surface area contributed by atoms with Crippen LogP contribution >= 0.6 is 0 Å². The zero-order valence-electron chi connectivity index (χ0n) is 13.0. The summed E-state index contributed by atoms with van der Waals surface area (Å²) >= 11 is 0. The molecule has 2 N–H and O–H groups in total. The lowest BCUT2D eigenvalue weighted by atomic mass is 9.96. The number of hydrogen-bond acceptors (Lipinski definition) is 3. The maximum absolute atomic E-state index is 12.1. The van der Waals surface area contributed by atoms with Gasteiger partial charge in [-0.3, -0.25) is 0 Å². The highest BCUT2D eigenvalue weighted by Crippen LogP contribution is 2.34. The van der Waals surface area contributed by atoms with Crippen molar-refractivity contribution in [2.75, 3.05) is 6.61 Å². The molecule has 3 rings (SSSR count). The molecule has 0 aromatic heterocycles. The number of benzene rings is 1. The number of urea groups is 1. The van der Waals surface area contributed by atoms with E-state index in [1.807, 2.05) is 37.3 Å². The van der Waals surface area contributed by atoms with Crippen LogP contribution in [0.4, 0.5) is 4.79 Å². The van der Waals surface area contributed by atoms with Crippen molar-refractivity contribution in [3.8, 4) is 5.75 Å². The Balaban J connectivity index is 1.42. The Morgan fingerprint density at radius 2 is 2.18 bits per heavy atom. The van der Waals surface area contributed by atoms with Gasteiger partial charge in [-0.05, 0) is 37.8 Å². The second kappa shape index (κ2) is 7.01. The number of amides is 2. The van der Waals surface area contributed by atoms with Gasteiger partial charge < -0.3 is 20.1 Å². The molecule has 0 aliphatic carbocycles. The molecular weight excluding hydrogens is 280 g/mol. The maximum Gasteiger partial charge on any atom is 0.315 e. The SMILES string of the molecule is CC[C@@H](COc1ccccc1)NC(=O)N[C@H]1C[C@H]2CC[C@H]1O2. The van der Waals surface area contributed by atoms with E-state index in [1.54, 1.807) is 0 Å². The van der Waals surface area contributed by atoms with E-state index in [0.717, 1.165) is 31.4 Å². The molecule has 0 unspecified atom stereocenters. The monoisotopic (exact) mass is 304 g/mol. The standard InChI is InChI=1S/C17H24N2O3/c1-2-12(11-21-13-6-4-3-5-7-13)18-17(20)19-15-10-14-8-9-16(15)22-14/h3-7,12,14-16H,2,8-11H2,1H3,(H2,18,19,20)/t12-,14+,15-,16+/m0/s1. The number of rotatable bonds is 6. The van der Waals surface area contributed by atoms with E-state index in [4.69, 9.17) is 9.47 Å².